The molecule has 0 unspecified atom stereocenters. The Balaban J connectivity index is 2.01. The summed E-state index contributed by atoms with van der Waals surface area (Å²) in [5, 5.41) is 0. The Labute approximate surface area is 130 Å². The molecule has 1 aliphatic rings. The van der Waals surface area contributed by atoms with E-state index in [0.29, 0.717) is 17.6 Å². The molecule has 20 heavy (non-hydrogen) atoms. The van der Waals surface area contributed by atoms with Crippen LogP contribution in [0.4, 0.5) is 0 Å². The lowest BCUT2D eigenvalue weighted by atomic mass is 9.71. The lowest BCUT2D eigenvalue weighted by Crippen LogP contribution is -2.27. The average Bonchev–Trinajstić information content (AvgIpc) is 2.41. The zero-order chi connectivity index (χ0) is 14.8. The first-order chi connectivity index (χ1) is 9.41. The van der Waals surface area contributed by atoms with Crippen LogP contribution in [0.3, 0.4) is 0 Å². The van der Waals surface area contributed by atoms with Gasteiger partial charge in [-0.25, -0.2) is 0 Å². The number of Topliss-reactive ketones (excluding diaryl/α,β-unsaturated/α-hetero) is 1. The van der Waals surface area contributed by atoms with E-state index in [4.69, 9.17) is 4.74 Å². The summed E-state index contributed by atoms with van der Waals surface area (Å²) in [6, 6.07) is 5.81. The van der Waals surface area contributed by atoms with Gasteiger partial charge in [0, 0.05) is 16.8 Å². The van der Waals surface area contributed by atoms with E-state index < -0.39 is 0 Å². The molecule has 0 heterocycles. The van der Waals surface area contributed by atoms with E-state index in [1.165, 1.54) is 0 Å². The van der Waals surface area contributed by atoms with Crippen molar-refractivity contribution < 1.29 is 9.53 Å². The molecule has 0 amide bonds. The van der Waals surface area contributed by atoms with Gasteiger partial charge in [-0.2, -0.15) is 0 Å². The Kier molecular flexibility index (Phi) is 4.90. The van der Waals surface area contributed by atoms with Crippen LogP contribution in [0.1, 0.15) is 45.1 Å². The Morgan fingerprint density at radius 2 is 2.00 bits per heavy atom. The van der Waals surface area contributed by atoms with Crippen molar-refractivity contribution in [2.75, 3.05) is 7.11 Å². The van der Waals surface area contributed by atoms with E-state index in [1.54, 1.807) is 7.11 Å². The predicted molar refractivity (Wildman–Crippen MR) is 85.1 cm³/mol. The molecule has 0 bridgehead atoms. The first-order valence-electron chi connectivity index (χ1n) is 7.26. The monoisotopic (exact) mass is 338 g/mol. The molecule has 2 rings (SSSR count). The lowest BCUT2D eigenvalue weighted by Gasteiger charge is -2.33. The predicted octanol–water partition coefficient (Wildman–Crippen LogP) is 4.79. The van der Waals surface area contributed by atoms with Gasteiger partial charge < -0.3 is 4.74 Å². The van der Waals surface area contributed by atoms with E-state index in [1.807, 2.05) is 18.2 Å². The highest BCUT2D eigenvalue weighted by Gasteiger charge is 2.30. The van der Waals surface area contributed by atoms with Crippen molar-refractivity contribution in [3.05, 3.63) is 28.2 Å². The number of benzene rings is 1. The summed E-state index contributed by atoms with van der Waals surface area (Å²) in [6.07, 6.45) is 4.88. The number of halogens is 1. The van der Waals surface area contributed by atoms with Gasteiger partial charge >= 0.3 is 0 Å². The van der Waals surface area contributed by atoms with Gasteiger partial charge in [0.2, 0.25) is 0 Å². The maximum absolute atomic E-state index is 12.5. The third kappa shape index (κ3) is 3.85. The Bertz CT molecular complexity index is 484. The highest BCUT2D eigenvalue weighted by atomic mass is 79.9. The molecule has 1 aromatic carbocycles. The second kappa shape index (κ2) is 6.30. The van der Waals surface area contributed by atoms with Crippen LogP contribution in [0, 0.1) is 11.3 Å². The largest absolute Gasteiger partial charge is 0.497 e. The van der Waals surface area contributed by atoms with Gasteiger partial charge in [-0.05, 0) is 54.9 Å². The number of ketones is 1. The quantitative estimate of drug-likeness (QED) is 0.789. The summed E-state index contributed by atoms with van der Waals surface area (Å²) in [5.41, 5.74) is 1.44. The minimum absolute atomic E-state index is 0.237. The molecule has 0 radical (unpaired) electrons. The summed E-state index contributed by atoms with van der Waals surface area (Å²) >= 11 is 3.52. The number of ether oxygens (including phenoxy) is 1. The van der Waals surface area contributed by atoms with Gasteiger partial charge in [0.1, 0.15) is 11.5 Å². The second-order valence-corrected chi connectivity index (χ2v) is 7.39. The number of carbonyl (C=O) groups excluding carboxylic acids is 1. The van der Waals surface area contributed by atoms with Crippen LogP contribution in [0.15, 0.2) is 22.7 Å². The molecule has 2 nitrogen and oxygen atoms in total. The first kappa shape index (κ1) is 15.6. The standard InChI is InChI=1S/C17H23BrO2/c1-17(2)8-6-12(7-9-17)16(19)11-13-10-14(20-3)4-5-15(13)18/h4-5,10,12H,6-9,11H2,1-3H3. The van der Waals surface area contributed by atoms with Crippen LogP contribution < -0.4 is 4.74 Å². The van der Waals surface area contributed by atoms with E-state index >= 15 is 0 Å². The molecule has 1 aromatic rings. The number of hydrogen-bond acceptors (Lipinski definition) is 2. The van der Waals surface area contributed by atoms with Crippen LogP contribution in [-0.4, -0.2) is 12.9 Å². The van der Waals surface area contributed by atoms with Crippen molar-refractivity contribution in [3.8, 4) is 5.75 Å². The van der Waals surface area contributed by atoms with Crippen molar-refractivity contribution in [2.45, 2.75) is 46.0 Å². The van der Waals surface area contributed by atoms with Crippen molar-refractivity contribution >= 4 is 21.7 Å². The zero-order valence-corrected chi connectivity index (χ0v) is 14.1. The molecule has 1 fully saturated rings. The fourth-order valence-corrected chi connectivity index (χ4v) is 3.25. The Hall–Kier alpha value is -0.830. The molecule has 1 aliphatic carbocycles. The van der Waals surface area contributed by atoms with Gasteiger partial charge in [-0.3, -0.25) is 4.79 Å². The number of methoxy groups -OCH3 is 1. The molecular formula is C17H23BrO2. The third-order valence-electron chi connectivity index (χ3n) is 4.41. The van der Waals surface area contributed by atoms with E-state index in [9.17, 15) is 4.79 Å². The number of carbonyl (C=O) groups is 1. The second-order valence-electron chi connectivity index (χ2n) is 6.54. The lowest BCUT2D eigenvalue weighted by molar-refractivity contribution is -0.123. The molecule has 0 atom stereocenters. The molecule has 0 aliphatic heterocycles. The van der Waals surface area contributed by atoms with Crippen LogP contribution >= 0.6 is 15.9 Å². The SMILES string of the molecule is COc1ccc(Br)c(CC(=O)C2CCC(C)(C)CC2)c1. The van der Waals surface area contributed by atoms with Crippen LogP contribution in [0.2, 0.25) is 0 Å². The molecule has 1 saturated carbocycles. The molecular weight excluding hydrogens is 316 g/mol. The zero-order valence-electron chi connectivity index (χ0n) is 12.5. The maximum atomic E-state index is 12.5. The van der Waals surface area contributed by atoms with Crippen LogP contribution in [-0.2, 0) is 11.2 Å². The van der Waals surface area contributed by atoms with E-state index in [2.05, 4.69) is 29.8 Å². The first-order valence-corrected chi connectivity index (χ1v) is 8.06. The summed E-state index contributed by atoms with van der Waals surface area (Å²) in [6.45, 7) is 4.60. The molecule has 0 spiro atoms. The van der Waals surface area contributed by atoms with Crippen molar-refractivity contribution in [3.63, 3.8) is 0 Å². The highest BCUT2D eigenvalue weighted by molar-refractivity contribution is 9.10. The minimum Gasteiger partial charge on any atom is -0.497 e. The molecule has 0 saturated heterocycles. The van der Waals surface area contributed by atoms with Crippen molar-refractivity contribution in [2.24, 2.45) is 11.3 Å². The van der Waals surface area contributed by atoms with Gasteiger partial charge in [-0.1, -0.05) is 29.8 Å². The van der Waals surface area contributed by atoms with Gasteiger partial charge in [0.25, 0.3) is 0 Å². The normalized spacial score (nSPS) is 18.8. The van der Waals surface area contributed by atoms with Crippen LogP contribution in [0.25, 0.3) is 0 Å². The summed E-state index contributed by atoms with van der Waals surface area (Å²) in [4.78, 5) is 12.5. The maximum Gasteiger partial charge on any atom is 0.140 e. The molecule has 0 N–H and O–H groups in total. The average molecular weight is 339 g/mol. The highest BCUT2D eigenvalue weighted by Crippen LogP contribution is 2.38. The van der Waals surface area contributed by atoms with Gasteiger partial charge in [0.15, 0.2) is 0 Å². The summed E-state index contributed by atoms with van der Waals surface area (Å²) in [7, 11) is 1.65. The summed E-state index contributed by atoms with van der Waals surface area (Å²) < 4.78 is 6.22. The van der Waals surface area contributed by atoms with Crippen molar-refractivity contribution in [1.82, 2.24) is 0 Å². The Morgan fingerprint density at radius 1 is 1.35 bits per heavy atom. The number of hydrogen-bond donors (Lipinski definition) is 0. The van der Waals surface area contributed by atoms with Gasteiger partial charge in [-0.15, -0.1) is 0 Å². The topological polar surface area (TPSA) is 26.3 Å². The fourth-order valence-electron chi connectivity index (χ4n) is 2.87. The van der Waals surface area contributed by atoms with E-state index in [-0.39, 0.29) is 5.92 Å². The van der Waals surface area contributed by atoms with Crippen LogP contribution in [0.5, 0.6) is 5.75 Å². The Morgan fingerprint density at radius 3 is 2.60 bits per heavy atom. The smallest absolute Gasteiger partial charge is 0.140 e. The van der Waals surface area contributed by atoms with Gasteiger partial charge in [0.05, 0.1) is 7.11 Å². The van der Waals surface area contributed by atoms with Crippen molar-refractivity contribution in [1.29, 1.82) is 0 Å². The summed E-state index contributed by atoms with van der Waals surface area (Å²) in [5.74, 6) is 1.41. The fraction of sp³-hybridized carbons (Fsp3) is 0.588. The third-order valence-corrected chi connectivity index (χ3v) is 5.19. The van der Waals surface area contributed by atoms with E-state index in [0.717, 1.165) is 41.5 Å². The minimum atomic E-state index is 0.237. The molecule has 3 heteroatoms. The molecule has 110 valence electrons. The molecule has 0 aromatic heterocycles. The number of rotatable bonds is 4.